The molecule has 0 aliphatic carbocycles. The Morgan fingerprint density at radius 2 is 2.00 bits per heavy atom. The molecule has 1 heterocycles. The predicted molar refractivity (Wildman–Crippen MR) is 58.1 cm³/mol. The van der Waals surface area contributed by atoms with Gasteiger partial charge in [0.15, 0.2) is 6.29 Å². The molecule has 4 heteroatoms. The van der Waals surface area contributed by atoms with Crippen LogP contribution in [-0.4, -0.2) is 47.8 Å². The van der Waals surface area contributed by atoms with Crippen molar-refractivity contribution in [3.05, 3.63) is 25.3 Å². The molecule has 4 nitrogen and oxygen atoms in total. The van der Waals surface area contributed by atoms with Crippen LogP contribution in [0.5, 0.6) is 0 Å². The number of rotatable bonds is 6. The predicted octanol–water partition coefficient (Wildman–Crippen LogP) is 0.418. The Morgan fingerprint density at radius 1 is 1.33 bits per heavy atom. The van der Waals surface area contributed by atoms with Crippen molar-refractivity contribution in [1.82, 2.24) is 10.0 Å². The van der Waals surface area contributed by atoms with Gasteiger partial charge in [0.2, 0.25) is 5.78 Å². The second kappa shape index (κ2) is 5.58. The highest BCUT2D eigenvalue weighted by Crippen LogP contribution is 2.18. The summed E-state index contributed by atoms with van der Waals surface area (Å²) in [4.78, 5) is 21.8. The fraction of sp³-hybridized carbons (Fsp3) is 0.455. The Morgan fingerprint density at radius 3 is 2.53 bits per heavy atom. The number of Topliss-reactive ketones (excluding diaryl/α,β-unsaturated/α-hetero) is 1. The van der Waals surface area contributed by atoms with Crippen LogP contribution in [0.1, 0.15) is 6.42 Å². The molecule has 0 aromatic rings. The number of hydrogen-bond donors (Lipinski definition) is 0. The van der Waals surface area contributed by atoms with Crippen molar-refractivity contribution >= 4 is 12.1 Å². The SMILES string of the molecule is C=CCN1CCC(C(=O)C=O)N1CC=C. The lowest BCUT2D eigenvalue weighted by atomic mass is 10.1. The molecule has 1 rings (SSSR count). The lowest BCUT2D eigenvalue weighted by molar-refractivity contribution is -0.135. The van der Waals surface area contributed by atoms with E-state index in [-0.39, 0.29) is 11.8 Å². The largest absolute Gasteiger partial charge is 0.295 e. The lowest BCUT2D eigenvalue weighted by Gasteiger charge is -2.28. The van der Waals surface area contributed by atoms with Crippen LogP contribution in [0.3, 0.4) is 0 Å². The molecule has 1 aliphatic heterocycles. The van der Waals surface area contributed by atoms with Crippen molar-refractivity contribution in [1.29, 1.82) is 0 Å². The van der Waals surface area contributed by atoms with Crippen LogP contribution in [0.15, 0.2) is 25.3 Å². The molecule has 0 N–H and O–H groups in total. The zero-order valence-corrected chi connectivity index (χ0v) is 8.76. The highest BCUT2D eigenvalue weighted by atomic mass is 16.2. The van der Waals surface area contributed by atoms with Gasteiger partial charge in [-0.2, -0.15) is 0 Å². The van der Waals surface area contributed by atoms with Crippen molar-refractivity contribution < 1.29 is 9.59 Å². The van der Waals surface area contributed by atoms with Crippen molar-refractivity contribution in [3.8, 4) is 0 Å². The van der Waals surface area contributed by atoms with Crippen molar-refractivity contribution in [3.63, 3.8) is 0 Å². The van der Waals surface area contributed by atoms with E-state index in [0.29, 0.717) is 25.8 Å². The van der Waals surface area contributed by atoms with Crippen molar-refractivity contribution in [2.45, 2.75) is 12.5 Å². The normalized spacial score (nSPS) is 22.5. The molecule has 0 aromatic carbocycles. The van der Waals surface area contributed by atoms with Crippen LogP contribution >= 0.6 is 0 Å². The van der Waals surface area contributed by atoms with E-state index in [1.165, 1.54) is 0 Å². The average Bonchev–Trinajstić information content (AvgIpc) is 2.62. The number of aldehydes is 1. The summed E-state index contributed by atoms with van der Waals surface area (Å²) in [5.41, 5.74) is 0. The second-order valence-corrected chi connectivity index (χ2v) is 3.44. The monoisotopic (exact) mass is 208 g/mol. The van der Waals surface area contributed by atoms with Gasteiger partial charge >= 0.3 is 0 Å². The van der Waals surface area contributed by atoms with Crippen LogP contribution in [0.2, 0.25) is 0 Å². The second-order valence-electron chi connectivity index (χ2n) is 3.44. The summed E-state index contributed by atoms with van der Waals surface area (Å²) in [7, 11) is 0. The summed E-state index contributed by atoms with van der Waals surface area (Å²) >= 11 is 0. The van der Waals surface area contributed by atoms with E-state index in [9.17, 15) is 9.59 Å². The Hall–Kier alpha value is -1.26. The molecule has 1 atom stereocenters. The summed E-state index contributed by atoms with van der Waals surface area (Å²) in [5.74, 6) is -0.358. The van der Waals surface area contributed by atoms with Gasteiger partial charge < -0.3 is 0 Å². The van der Waals surface area contributed by atoms with Gasteiger partial charge in [-0.25, -0.2) is 10.0 Å². The van der Waals surface area contributed by atoms with Gasteiger partial charge in [-0.1, -0.05) is 12.2 Å². The van der Waals surface area contributed by atoms with Crippen LogP contribution in [0.4, 0.5) is 0 Å². The fourth-order valence-electron chi connectivity index (χ4n) is 1.83. The molecular weight excluding hydrogens is 192 g/mol. The molecule has 0 aromatic heterocycles. The number of nitrogens with zero attached hydrogens (tertiary/aromatic N) is 2. The third-order valence-corrected chi connectivity index (χ3v) is 2.48. The van der Waals surface area contributed by atoms with Crippen molar-refractivity contribution in [2.24, 2.45) is 0 Å². The van der Waals surface area contributed by atoms with Gasteiger partial charge in [0.1, 0.15) is 0 Å². The van der Waals surface area contributed by atoms with E-state index in [4.69, 9.17) is 0 Å². The van der Waals surface area contributed by atoms with E-state index in [1.807, 2.05) is 10.0 Å². The molecule has 15 heavy (non-hydrogen) atoms. The van der Waals surface area contributed by atoms with Crippen LogP contribution in [0, 0.1) is 0 Å². The van der Waals surface area contributed by atoms with E-state index < -0.39 is 0 Å². The first-order valence-corrected chi connectivity index (χ1v) is 4.97. The third-order valence-electron chi connectivity index (χ3n) is 2.48. The van der Waals surface area contributed by atoms with Crippen LogP contribution < -0.4 is 0 Å². The smallest absolute Gasteiger partial charge is 0.213 e. The molecule has 1 unspecified atom stereocenters. The molecule has 0 amide bonds. The maximum atomic E-state index is 11.4. The summed E-state index contributed by atoms with van der Waals surface area (Å²) < 4.78 is 0. The van der Waals surface area contributed by atoms with Gasteiger partial charge in [0, 0.05) is 19.6 Å². The third kappa shape index (κ3) is 2.61. The van der Waals surface area contributed by atoms with E-state index in [2.05, 4.69) is 13.2 Å². The molecule has 0 radical (unpaired) electrons. The summed E-state index contributed by atoms with van der Waals surface area (Å²) in [6, 6.07) is -0.319. The zero-order chi connectivity index (χ0) is 11.3. The first-order chi connectivity index (χ1) is 7.24. The first-order valence-electron chi connectivity index (χ1n) is 4.97. The van der Waals surface area contributed by atoms with Crippen LogP contribution in [-0.2, 0) is 9.59 Å². The highest BCUT2D eigenvalue weighted by molar-refractivity contribution is 6.27. The van der Waals surface area contributed by atoms with Gasteiger partial charge in [-0.05, 0) is 6.42 Å². The molecule has 1 fully saturated rings. The maximum Gasteiger partial charge on any atom is 0.213 e. The Balaban J connectivity index is 2.73. The quantitative estimate of drug-likeness (QED) is 0.360. The highest BCUT2D eigenvalue weighted by Gasteiger charge is 2.34. The molecule has 1 aliphatic rings. The average molecular weight is 208 g/mol. The first kappa shape index (κ1) is 11.8. The minimum atomic E-state index is -0.358. The van der Waals surface area contributed by atoms with Gasteiger partial charge in [-0.15, -0.1) is 13.2 Å². The molecule has 1 saturated heterocycles. The minimum Gasteiger partial charge on any atom is -0.295 e. The Bertz CT molecular complexity index is 276. The summed E-state index contributed by atoms with van der Waals surface area (Å²) in [6.07, 6.45) is 4.60. The molecule has 0 bridgehead atoms. The zero-order valence-electron chi connectivity index (χ0n) is 8.76. The number of hydrazine groups is 1. The van der Waals surface area contributed by atoms with E-state index in [1.54, 1.807) is 12.2 Å². The summed E-state index contributed by atoms with van der Waals surface area (Å²) in [5, 5.41) is 3.90. The van der Waals surface area contributed by atoms with Gasteiger partial charge in [0.25, 0.3) is 0 Å². The number of ketones is 1. The molecule has 0 spiro atoms. The lowest BCUT2D eigenvalue weighted by Crippen LogP contribution is -2.44. The maximum absolute atomic E-state index is 11.4. The number of hydrogen-bond acceptors (Lipinski definition) is 4. The topological polar surface area (TPSA) is 40.6 Å². The van der Waals surface area contributed by atoms with Crippen LogP contribution in [0.25, 0.3) is 0 Å². The van der Waals surface area contributed by atoms with Gasteiger partial charge in [-0.3, -0.25) is 9.59 Å². The Labute approximate surface area is 89.8 Å². The minimum absolute atomic E-state index is 0.319. The fourth-order valence-corrected chi connectivity index (χ4v) is 1.83. The van der Waals surface area contributed by atoms with Crippen molar-refractivity contribution in [2.75, 3.05) is 19.6 Å². The summed E-state index contributed by atoms with van der Waals surface area (Å²) in [6.45, 7) is 9.36. The molecule has 82 valence electrons. The van der Waals surface area contributed by atoms with E-state index in [0.717, 1.165) is 6.54 Å². The molecule has 0 saturated carbocycles. The number of carbonyl (C=O) groups is 2. The molecular formula is C11H16N2O2. The van der Waals surface area contributed by atoms with Gasteiger partial charge in [0.05, 0.1) is 6.04 Å². The standard InChI is InChI=1S/C11H16N2O2/c1-3-6-12-8-5-10(11(15)9-14)13(12)7-4-2/h3-4,9-10H,1-2,5-8H2. The number of carbonyl (C=O) groups excluding carboxylic acids is 2. The van der Waals surface area contributed by atoms with E-state index >= 15 is 0 Å². The Kier molecular flexibility index (Phi) is 4.39.